The number of aryl methyl sites for hydroxylation is 1. The lowest BCUT2D eigenvalue weighted by molar-refractivity contribution is -0.151. The molecule has 1 aromatic rings. The van der Waals surface area contributed by atoms with Crippen LogP contribution < -0.4 is 0 Å². The van der Waals surface area contributed by atoms with Gasteiger partial charge >= 0.3 is 5.97 Å². The molecule has 2 unspecified atom stereocenters. The van der Waals surface area contributed by atoms with Gasteiger partial charge in [-0.1, -0.05) is 0 Å². The molecule has 1 aliphatic heterocycles. The number of Topliss-reactive ketones (excluding diaryl/α,β-unsaturated/α-hetero) is 1. The van der Waals surface area contributed by atoms with Crippen molar-refractivity contribution < 1.29 is 14.3 Å². The third kappa shape index (κ3) is 3.18. The maximum Gasteiger partial charge on any atom is 0.315 e. The number of carbonyl (C=O) groups is 2. The molecule has 0 aromatic carbocycles. The maximum atomic E-state index is 13.1. The van der Waals surface area contributed by atoms with E-state index in [0.29, 0.717) is 6.42 Å². The Morgan fingerprint density at radius 3 is 2.62 bits per heavy atom. The molecule has 1 saturated carbocycles. The fraction of sp³-hybridized carbons (Fsp3) is 0.571. The number of ketones is 1. The van der Waals surface area contributed by atoms with Crippen molar-refractivity contribution in [3.63, 3.8) is 0 Å². The number of allylic oxidation sites excluding steroid dienone is 2. The van der Waals surface area contributed by atoms with Gasteiger partial charge in [0.15, 0.2) is 5.78 Å². The molecule has 2 atom stereocenters. The van der Waals surface area contributed by atoms with Gasteiger partial charge in [0.2, 0.25) is 0 Å². The van der Waals surface area contributed by atoms with Crippen LogP contribution in [0.4, 0.5) is 0 Å². The first-order chi connectivity index (χ1) is 12.5. The Bertz CT molecular complexity index is 798. The molecule has 3 aliphatic rings. The van der Waals surface area contributed by atoms with E-state index < -0.39 is 5.92 Å². The number of rotatable bonds is 3. The van der Waals surface area contributed by atoms with Gasteiger partial charge in [-0.2, -0.15) is 0 Å². The van der Waals surface area contributed by atoms with E-state index in [1.807, 2.05) is 6.92 Å². The molecule has 0 bridgehead atoms. The lowest BCUT2D eigenvalue weighted by Gasteiger charge is -2.34. The molecule has 4 nitrogen and oxygen atoms in total. The fourth-order valence-corrected chi connectivity index (χ4v) is 5.51. The molecular weight excluding hydrogens is 346 g/mol. The van der Waals surface area contributed by atoms with E-state index in [1.165, 1.54) is 4.88 Å². The van der Waals surface area contributed by atoms with Gasteiger partial charge in [0.05, 0.1) is 0 Å². The van der Waals surface area contributed by atoms with E-state index in [0.717, 1.165) is 60.4 Å². The first-order valence-electron chi connectivity index (χ1n) is 9.63. The Labute approximate surface area is 158 Å². The highest BCUT2D eigenvalue weighted by atomic mass is 32.1. The zero-order valence-corrected chi connectivity index (χ0v) is 16.2. The molecule has 0 saturated heterocycles. The van der Waals surface area contributed by atoms with Crippen molar-refractivity contribution in [2.45, 2.75) is 70.8 Å². The quantitative estimate of drug-likeness (QED) is 0.722. The van der Waals surface area contributed by atoms with Crippen LogP contribution in [-0.4, -0.2) is 23.6 Å². The number of hydrogen-bond donors (Lipinski definition) is 0. The van der Waals surface area contributed by atoms with Crippen molar-refractivity contribution in [2.24, 2.45) is 10.9 Å². The third-order valence-electron chi connectivity index (χ3n) is 5.74. The van der Waals surface area contributed by atoms with E-state index in [2.05, 4.69) is 19.1 Å². The Morgan fingerprint density at radius 1 is 1.15 bits per heavy atom. The van der Waals surface area contributed by atoms with Gasteiger partial charge in [0, 0.05) is 39.1 Å². The fourth-order valence-electron chi connectivity index (χ4n) is 4.48. The highest BCUT2D eigenvalue weighted by Crippen LogP contribution is 2.45. The number of nitrogens with zero attached hydrogens (tertiary/aromatic N) is 1. The second-order valence-corrected chi connectivity index (χ2v) is 8.96. The SMILES string of the molecule is CC1=NC2=C(C(=O)CCC2)C(c2ccc(C)s2)C1C(=O)OC1CCCC1. The standard InChI is InChI=1S/C21H25NO3S/c1-12-10-11-17(26-12)20-18(21(24)25-14-6-3-4-7-14)13(2)22-15-8-5-9-16(23)19(15)20/h10-11,14,18,20H,3-9H2,1-2H3. The van der Waals surface area contributed by atoms with E-state index in [1.54, 1.807) is 11.3 Å². The summed E-state index contributed by atoms with van der Waals surface area (Å²) in [6.45, 7) is 3.97. The average Bonchev–Trinajstić information content (AvgIpc) is 3.25. The van der Waals surface area contributed by atoms with Crippen LogP contribution in [0.15, 0.2) is 28.4 Å². The highest BCUT2D eigenvalue weighted by Gasteiger charge is 2.44. The number of thiophene rings is 1. The molecule has 2 heterocycles. The molecule has 4 rings (SSSR count). The molecule has 0 spiro atoms. The minimum Gasteiger partial charge on any atom is -0.462 e. The topological polar surface area (TPSA) is 55.7 Å². The van der Waals surface area contributed by atoms with Crippen molar-refractivity contribution in [3.8, 4) is 0 Å². The molecule has 138 valence electrons. The summed E-state index contributed by atoms with van der Waals surface area (Å²) < 4.78 is 5.85. The van der Waals surface area contributed by atoms with E-state index in [9.17, 15) is 9.59 Å². The lowest BCUT2D eigenvalue weighted by atomic mass is 9.74. The van der Waals surface area contributed by atoms with Crippen LogP contribution in [0.3, 0.4) is 0 Å². The number of ether oxygens (including phenoxy) is 1. The number of esters is 1. The minimum atomic E-state index is -0.477. The summed E-state index contributed by atoms with van der Waals surface area (Å²) in [4.78, 5) is 32.8. The van der Waals surface area contributed by atoms with E-state index >= 15 is 0 Å². The summed E-state index contributed by atoms with van der Waals surface area (Å²) in [7, 11) is 0. The van der Waals surface area contributed by atoms with Crippen LogP contribution in [-0.2, 0) is 14.3 Å². The van der Waals surface area contributed by atoms with Gasteiger partial charge in [-0.3, -0.25) is 14.6 Å². The Morgan fingerprint density at radius 2 is 1.92 bits per heavy atom. The van der Waals surface area contributed by atoms with Crippen LogP contribution in [0.1, 0.15) is 67.5 Å². The predicted molar refractivity (Wildman–Crippen MR) is 103 cm³/mol. The number of carbonyl (C=O) groups excluding carboxylic acids is 2. The van der Waals surface area contributed by atoms with Gasteiger partial charge in [-0.25, -0.2) is 0 Å². The largest absolute Gasteiger partial charge is 0.462 e. The second kappa shape index (κ2) is 7.10. The van der Waals surface area contributed by atoms with Crippen molar-refractivity contribution in [3.05, 3.63) is 33.2 Å². The summed E-state index contributed by atoms with van der Waals surface area (Å²) in [5.41, 5.74) is 2.44. The molecule has 0 radical (unpaired) electrons. The number of hydrogen-bond acceptors (Lipinski definition) is 5. The molecule has 1 aromatic heterocycles. The number of aliphatic imine (C=N–C) groups is 1. The first-order valence-corrected chi connectivity index (χ1v) is 10.4. The Hall–Kier alpha value is -1.75. The molecule has 0 amide bonds. The lowest BCUT2D eigenvalue weighted by Crippen LogP contribution is -2.38. The summed E-state index contributed by atoms with van der Waals surface area (Å²) in [6.07, 6.45) is 6.39. The van der Waals surface area contributed by atoms with Crippen LogP contribution in [0.25, 0.3) is 0 Å². The van der Waals surface area contributed by atoms with Crippen LogP contribution in [0, 0.1) is 12.8 Å². The maximum absolute atomic E-state index is 13.1. The smallest absolute Gasteiger partial charge is 0.315 e. The van der Waals surface area contributed by atoms with Gasteiger partial charge in [0.25, 0.3) is 0 Å². The minimum absolute atomic E-state index is 0.0263. The second-order valence-electron chi connectivity index (χ2n) is 7.64. The zero-order chi connectivity index (χ0) is 18.3. The van der Waals surface area contributed by atoms with Crippen LogP contribution in [0.2, 0.25) is 0 Å². The van der Waals surface area contributed by atoms with Gasteiger partial charge in [-0.05, 0) is 64.5 Å². The van der Waals surface area contributed by atoms with Crippen molar-refractivity contribution in [1.29, 1.82) is 0 Å². The summed E-state index contributed by atoms with van der Waals surface area (Å²) in [5.74, 6) is -0.770. The van der Waals surface area contributed by atoms with E-state index in [4.69, 9.17) is 9.73 Å². The average molecular weight is 372 g/mol. The zero-order valence-electron chi connectivity index (χ0n) is 15.4. The van der Waals surface area contributed by atoms with Crippen molar-refractivity contribution in [2.75, 3.05) is 0 Å². The van der Waals surface area contributed by atoms with Crippen LogP contribution in [0.5, 0.6) is 0 Å². The summed E-state index contributed by atoms with van der Waals surface area (Å²) in [6, 6.07) is 4.12. The molecule has 2 aliphatic carbocycles. The first kappa shape index (κ1) is 17.7. The van der Waals surface area contributed by atoms with Gasteiger partial charge in [0.1, 0.15) is 12.0 Å². The summed E-state index contributed by atoms with van der Waals surface area (Å²) >= 11 is 1.67. The third-order valence-corrected chi connectivity index (χ3v) is 6.82. The Kier molecular flexibility index (Phi) is 4.82. The molecule has 1 fully saturated rings. The predicted octanol–water partition coefficient (Wildman–Crippen LogP) is 4.72. The molecule has 5 heteroatoms. The van der Waals surface area contributed by atoms with E-state index in [-0.39, 0.29) is 23.8 Å². The summed E-state index contributed by atoms with van der Waals surface area (Å²) in [5, 5.41) is 0. The normalized spacial score (nSPS) is 26.7. The molecule has 26 heavy (non-hydrogen) atoms. The molecule has 0 N–H and O–H groups in total. The van der Waals surface area contributed by atoms with Gasteiger partial charge in [-0.15, -0.1) is 11.3 Å². The highest BCUT2D eigenvalue weighted by molar-refractivity contribution is 7.12. The Balaban J connectivity index is 1.73. The monoisotopic (exact) mass is 371 g/mol. The van der Waals surface area contributed by atoms with Crippen molar-refractivity contribution >= 4 is 28.8 Å². The van der Waals surface area contributed by atoms with Crippen molar-refractivity contribution in [1.82, 2.24) is 0 Å². The molecular formula is C21H25NO3S. The van der Waals surface area contributed by atoms with Gasteiger partial charge < -0.3 is 4.74 Å². The van der Waals surface area contributed by atoms with Crippen LogP contribution >= 0.6 is 11.3 Å².